The number of halogens is 1. The Kier molecular flexibility index (Phi) is 3.59. The Labute approximate surface area is 104 Å². The molecule has 1 saturated heterocycles. The third-order valence-corrected chi connectivity index (χ3v) is 3.81. The fraction of sp³-hybridized carbons (Fsp3) is 0.500. The summed E-state index contributed by atoms with van der Waals surface area (Å²) in [6.45, 7) is 3.60. The summed E-state index contributed by atoms with van der Waals surface area (Å²) in [4.78, 5) is 18.3. The van der Waals surface area contributed by atoms with Gasteiger partial charge in [-0.1, -0.05) is 22.0 Å². The summed E-state index contributed by atoms with van der Waals surface area (Å²) in [7, 11) is 0. The molecule has 1 aromatic rings. The van der Waals surface area contributed by atoms with Crippen LogP contribution in [-0.4, -0.2) is 34.2 Å². The zero-order chi connectivity index (χ0) is 11.5. The van der Waals surface area contributed by atoms with Gasteiger partial charge in [0.1, 0.15) is 5.69 Å². The van der Waals surface area contributed by atoms with Crippen LogP contribution in [0.2, 0.25) is 0 Å². The van der Waals surface area contributed by atoms with Crippen LogP contribution in [0.3, 0.4) is 0 Å². The fourth-order valence-electron chi connectivity index (χ4n) is 1.97. The van der Waals surface area contributed by atoms with Crippen LogP contribution in [0.1, 0.15) is 22.6 Å². The first-order valence-corrected chi connectivity index (χ1v) is 6.61. The summed E-state index contributed by atoms with van der Waals surface area (Å²) in [5, 5.41) is 0.970. The Morgan fingerprint density at radius 1 is 1.62 bits per heavy atom. The Balaban J connectivity index is 2.08. The van der Waals surface area contributed by atoms with Gasteiger partial charge in [0, 0.05) is 24.1 Å². The molecule has 1 amide bonds. The highest BCUT2D eigenvalue weighted by atomic mass is 79.9. The number of likely N-dealkylation sites (tertiary alicyclic amines) is 1. The molecule has 2 rings (SSSR count). The molecule has 3 nitrogen and oxygen atoms in total. The minimum Gasteiger partial charge on any atom is -0.337 e. The quantitative estimate of drug-likeness (QED) is 0.780. The number of hydrogen-bond acceptors (Lipinski definition) is 2. The average molecular weight is 283 g/mol. The molecule has 0 radical (unpaired) electrons. The minimum absolute atomic E-state index is 0.0622. The number of alkyl halides is 1. The Morgan fingerprint density at radius 2 is 2.44 bits per heavy atom. The van der Waals surface area contributed by atoms with E-state index in [0.717, 1.165) is 30.5 Å². The van der Waals surface area contributed by atoms with Crippen LogP contribution < -0.4 is 0 Å². The van der Waals surface area contributed by atoms with Crippen molar-refractivity contribution in [3.63, 3.8) is 0 Å². The van der Waals surface area contributed by atoms with Gasteiger partial charge in [-0.2, -0.15) is 0 Å². The summed E-state index contributed by atoms with van der Waals surface area (Å²) in [6.07, 6.45) is 1.09. The number of amides is 1. The molecule has 0 saturated carbocycles. The van der Waals surface area contributed by atoms with E-state index in [4.69, 9.17) is 0 Å². The fourth-order valence-corrected chi connectivity index (χ4v) is 2.50. The molecule has 4 heteroatoms. The molecule has 0 bridgehead atoms. The standard InChI is InChI=1S/C12H15BrN2O/c1-9-3-2-4-11(14-9)12(16)15-6-5-10(7-13)8-15/h2-4,10H,5-8H2,1H3. The number of aromatic nitrogens is 1. The van der Waals surface area contributed by atoms with E-state index in [1.807, 2.05) is 24.0 Å². The van der Waals surface area contributed by atoms with Gasteiger partial charge in [0.15, 0.2) is 0 Å². The lowest BCUT2D eigenvalue weighted by Crippen LogP contribution is -2.29. The molecule has 0 N–H and O–H groups in total. The topological polar surface area (TPSA) is 33.2 Å². The van der Waals surface area contributed by atoms with E-state index in [1.54, 1.807) is 6.07 Å². The molecule has 1 unspecified atom stereocenters. The summed E-state index contributed by atoms with van der Waals surface area (Å²) in [5.41, 5.74) is 1.46. The zero-order valence-electron chi connectivity index (χ0n) is 9.32. The van der Waals surface area contributed by atoms with Crippen molar-refractivity contribution in [2.24, 2.45) is 5.92 Å². The summed E-state index contributed by atoms with van der Waals surface area (Å²) in [6, 6.07) is 5.58. The average Bonchev–Trinajstić information content (AvgIpc) is 2.76. The first kappa shape index (κ1) is 11.6. The van der Waals surface area contributed by atoms with Crippen molar-refractivity contribution in [3.8, 4) is 0 Å². The van der Waals surface area contributed by atoms with Crippen molar-refractivity contribution in [2.75, 3.05) is 18.4 Å². The van der Waals surface area contributed by atoms with Crippen LogP contribution in [-0.2, 0) is 0 Å². The van der Waals surface area contributed by atoms with E-state index < -0.39 is 0 Å². The molecule has 1 aliphatic rings. The first-order valence-electron chi connectivity index (χ1n) is 5.49. The lowest BCUT2D eigenvalue weighted by molar-refractivity contribution is 0.0782. The summed E-state index contributed by atoms with van der Waals surface area (Å²) >= 11 is 3.47. The lowest BCUT2D eigenvalue weighted by Gasteiger charge is -2.15. The first-order chi connectivity index (χ1) is 7.70. The highest BCUT2D eigenvalue weighted by molar-refractivity contribution is 9.09. The predicted octanol–water partition coefficient (Wildman–Crippen LogP) is 2.25. The smallest absolute Gasteiger partial charge is 0.272 e. The normalized spacial score (nSPS) is 20.1. The van der Waals surface area contributed by atoms with Gasteiger partial charge in [-0.3, -0.25) is 4.79 Å². The molecule has 86 valence electrons. The highest BCUT2D eigenvalue weighted by Gasteiger charge is 2.26. The van der Waals surface area contributed by atoms with Gasteiger partial charge >= 0.3 is 0 Å². The van der Waals surface area contributed by atoms with E-state index in [0.29, 0.717) is 11.6 Å². The van der Waals surface area contributed by atoms with Crippen molar-refractivity contribution in [3.05, 3.63) is 29.6 Å². The molecule has 1 fully saturated rings. The second-order valence-corrected chi connectivity index (χ2v) is 4.87. The molecule has 0 aliphatic carbocycles. The van der Waals surface area contributed by atoms with Crippen LogP contribution in [0, 0.1) is 12.8 Å². The maximum atomic E-state index is 12.1. The number of carbonyl (C=O) groups is 1. The van der Waals surface area contributed by atoms with Crippen molar-refractivity contribution in [1.82, 2.24) is 9.88 Å². The van der Waals surface area contributed by atoms with Gasteiger partial charge in [-0.25, -0.2) is 4.98 Å². The van der Waals surface area contributed by atoms with Gasteiger partial charge in [-0.05, 0) is 31.4 Å². The lowest BCUT2D eigenvalue weighted by atomic mass is 10.2. The Morgan fingerprint density at radius 3 is 3.06 bits per heavy atom. The van der Waals surface area contributed by atoms with Gasteiger partial charge in [0.05, 0.1) is 0 Å². The van der Waals surface area contributed by atoms with E-state index in [-0.39, 0.29) is 5.91 Å². The van der Waals surface area contributed by atoms with Gasteiger partial charge in [0.2, 0.25) is 0 Å². The molecule has 16 heavy (non-hydrogen) atoms. The molecule has 1 aliphatic heterocycles. The predicted molar refractivity (Wildman–Crippen MR) is 66.8 cm³/mol. The third-order valence-electron chi connectivity index (χ3n) is 2.90. The zero-order valence-corrected chi connectivity index (χ0v) is 10.9. The molecular weight excluding hydrogens is 268 g/mol. The Bertz CT molecular complexity index is 394. The van der Waals surface area contributed by atoms with E-state index in [1.165, 1.54) is 0 Å². The van der Waals surface area contributed by atoms with Crippen LogP contribution in [0.15, 0.2) is 18.2 Å². The van der Waals surface area contributed by atoms with Crippen LogP contribution in [0.5, 0.6) is 0 Å². The van der Waals surface area contributed by atoms with Crippen molar-refractivity contribution >= 4 is 21.8 Å². The van der Waals surface area contributed by atoms with Crippen molar-refractivity contribution in [1.29, 1.82) is 0 Å². The molecule has 0 spiro atoms. The van der Waals surface area contributed by atoms with Crippen LogP contribution in [0.4, 0.5) is 0 Å². The highest BCUT2D eigenvalue weighted by Crippen LogP contribution is 2.19. The summed E-state index contributed by atoms with van der Waals surface area (Å²) < 4.78 is 0. The van der Waals surface area contributed by atoms with E-state index in [9.17, 15) is 4.79 Å². The minimum atomic E-state index is 0.0622. The molecule has 1 aromatic heterocycles. The number of hydrogen-bond donors (Lipinski definition) is 0. The van der Waals surface area contributed by atoms with Gasteiger partial charge < -0.3 is 4.90 Å². The Hall–Kier alpha value is -0.900. The molecule has 1 atom stereocenters. The molecule has 2 heterocycles. The van der Waals surface area contributed by atoms with Crippen LogP contribution in [0.25, 0.3) is 0 Å². The molecular formula is C12H15BrN2O. The van der Waals surface area contributed by atoms with Gasteiger partial charge in [0.25, 0.3) is 5.91 Å². The maximum Gasteiger partial charge on any atom is 0.272 e. The number of rotatable bonds is 2. The summed E-state index contributed by atoms with van der Waals surface area (Å²) in [5.74, 6) is 0.654. The SMILES string of the molecule is Cc1cccc(C(=O)N2CCC(CBr)C2)n1. The van der Waals surface area contributed by atoms with Crippen LogP contribution >= 0.6 is 15.9 Å². The second-order valence-electron chi connectivity index (χ2n) is 4.22. The number of carbonyl (C=O) groups excluding carboxylic acids is 1. The maximum absolute atomic E-state index is 12.1. The molecule has 0 aromatic carbocycles. The monoisotopic (exact) mass is 282 g/mol. The van der Waals surface area contributed by atoms with E-state index >= 15 is 0 Å². The van der Waals surface area contributed by atoms with E-state index in [2.05, 4.69) is 20.9 Å². The largest absolute Gasteiger partial charge is 0.337 e. The third kappa shape index (κ3) is 2.43. The van der Waals surface area contributed by atoms with Crippen molar-refractivity contribution < 1.29 is 4.79 Å². The number of aryl methyl sites for hydroxylation is 1. The number of pyridine rings is 1. The van der Waals surface area contributed by atoms with Gasteiger partial charge in [-0.15, -0.1) is 0 Å². The second kappa shape index (κ2) is 4.95. The number of nitrogens with zero attached hydrogens (tertiary/aromatic N) is 2. The van der Waals surface area contributed by atoms with Crippen molar-refractivity contribution in [2.45, 2.75) is 13.3 Å².